The molecule has 4 nitrogen and oxygen atoms in total. The molecule has 0 amide bonds. The van der Waals surface area contributed by atoms with Gasteiger partial charge in [-0.25, -0.2) is 0 Å². The highest BCUT2D eigenvalue weighted by atomic mass is 16.3. The van der Waals surface area contributed by atoms with E-state index in [9.17, 15) is 5.11 Å². The highest BCUT2D eigenvalue weighted by Gasteiger charge is 2.31. The summed E-state index contributed by atoms with van der Waals surface area (Å²) in [5, 5.41) is 9.62. The molecule has 4 heteroatoms. The normalized spacial score (nSPS) is 25.1. The van der Waals surface area contributed by atoms with E-state index in [0.717, 1.165) is 31.0 Å². The average molecular weight is 238 g/mol. The fraction of sp³-hybridized carbons (Fsp3) is 0.692. The molecule has 3 atom stereocenters. The molecule has 0 spiro atoms. The third kappa shape index (κ3) is 2.70. The zero-order valence-electron chi connectivity index (χ0n) is 10.6. The Hall–Kier alpha value is -0.840. The first kappa shape index (κ1) is 12.6. The van der Waals surface area contributed by atoms with Gasteiger partial charge in [-0.1, -0.05) is 0 Å². The Morgan fingerprint density at radius 1 is 1.59 bits per heavy atom. The average Bonchev–Trinajstić information content (AvgIpc) is 2.89. The van der Waals surface area contributed by atoms with Crippen molar-refractivity contribution < 1.29 is 9.52 Å². The van der Waals surface area contributed by atoms with Gasteiger partial charge in [-0.3, -0.25) is 4.90 Å². The smallest absolute Gasteiger partial charge is 0.122 e. The number of rotatable bonds is 4. The highest BCUT2D eigenvalue weighted by Crippen LogP contribution is 2.29. The third-order valence-corrected chi connectivity index (χ3v) is 3.69. The standard InChI is InChI=1S/C13H22N2O2/c1-9-3-4-13(17-9)12(7-14)15-6-5-11(8-15)10(2)16/h3-4,10-12,16H,5-8,14H2,1-2H3. The van der Waals surface area contributed by atoms with E-state index in [1.165, 1.54) is 0 Å². The summed E-state index contributed by atoms with van der Waals surface area (Å²) in [6.07, 6.45) is 0.796. The zero-order valence-corrected chi connectivity index (χ0v) is 10.6. The molecule has 1 fully saturated rings. The maximum absolute atomic E-state index is 9.62. The maximum atomic E-state index is 9.62. The Morgan fingerprint density at radius 3 is 2.82 bits per heavy atom. The molecule has 0 radical (unpaired) electrons. The molecule has 3 N–H and O–H groups in total. The summed E-state index contributed by atoms with van der Waals surface area (Å²) >= 11 is 0. The van der Waals surface area contributed by atoms with Crippen molar-refractivity contribution in [3.63, 3.8) is 0 Å². The fourth-order valence-corrected chi connectivity index (χ4v) is 2.57. The molecule has 96 valence electrons. The molecule has 17 heavy (non-hydrogen) atoms. The molecule has 0 saturated carbocycles. The first-order valence-electron chi connectivity index (χ1n) is 6.30. The summed E-state index contributed by atoms with van der Waals surface area (Å²) in [6, 6.07) is 4.12. The van der Waals surface area contributed by atoms with Gasteiger partial charge in [0.1, 0.15) is 11.5 Å². The minimum atomic E-state index is -0.239. The second-order valence-electron chi connectivity index (χ2n) is 4.98. The molecule has 1 aromatic heterocycles. The quantitative estimate of drug-likeness (QED) is 0.829. The van der Waals surface area contributed by atoms with Crippen molar-refractivity contribution >= 4 is 0 Å². The number of furan rings is 1. The first-order valence-corrected chi connectivity index (χ1v) is 6.30. The molecule has 0 aliphatic carbocycles. The van der Waals surface area contributed by atoms with E-state index in [0.29, 0.717) is 12.5 Å². The zero-order chi connectivity index (χ0) is 12.4. The molecule has 1 saturated heterocycles. The van der Waals surface area contributed by atoms with Crippen LogP contribution in [0, 0.1) is 12.8 Å². The predicted molar refractivity (Wildman–Crippen MR) is 66.6 cm³/mol. The molecule has 2 rings (SSSR count). The van der Waals surface area contributed by atoms with Crippen molar-refractivity contribution in [2.45, 2.75) is 32.4 Å². The minimum Gasteiger partial charge on any atom is -0.465 e. The summed E-state index contributed by atoms with van der Waals surface area (Å²) in [6.45, 7) is 6.25. The van der Waals surface area contributed by atoms with Gasteiger partial charge in [-0.05, 0) is 44.9 Å². The molecule has 0 aromatic carbocycles. The number of hydrogen-bond donors (Lipinski definition) is 2. The summed E-state index contributed by atoms with van der Waals surface area (Å²) in [4.78, 5) is 2.32. The Morgan fingerprint density at radius 2 is 2.35 bits per heavy atom. The second kappa shape index (κ2) is 5.21. The van der Waals surface area contributed by atoms with E-state index in [-0.39, 0.29) is 12.1 Å². The van der Waals surface area contributed by atoms with E-state index in [1.54, 1.807) is 0 Å². The molecule has 0 bridgehead atoms. The van der Waals surface area contributed by atoms with Crippen LogP contribution in [0.25, 0.3) is 0 Å². The van der Waals surface area contributed by atoms with Gasteiger partial charge in [-0.2, -0.15) is 0 Å². The SMILES string of the molecule is Cc1ccc(C(CN)N2CCC(C(C)O)C2)o1. The van der Waals surface area contributed by atoms with Crippen LogP contribution in [-0.4, -0.2) is 35.7 Å². The van der Waals surface area contributed by atoms with Gasteiger partial charge >= 0.3 is 0 Å². The van der Waals surface area contributed by atoms with Crippen molar-refractivity contribution in [1.82, 2.24) is 4.90 Å². The van der Waals surface area contributed by atoms with Gasteiger partial charge in [0.25, 0.3) is 0 Å². The van der Waals surface area contributed by atoms with Gasteiger partial charge in [0.15, 0.2) is 0 Å². The maximum Gasteiger partial charge on any atom is 0.122 e. The van der Waals surface area contributed by atoms with Crippen LogP contribution in [-0.2, 0) is 0 Å². The molecular formula is C13H22N2O2. The lowest BCUT2D eigenvalue weighted by atomic mass is 10.0. The summed E-state index contributed by atoms with van der Waals surface area (Å²) in [5.74, 6) is 2.22. The van der Waals surface area contributed by atoms with E-state index in [2.05, 4.69) is 4.90 Å². The van der Waals surface area contributed by atoms with E-state index >= 15 is 0 Å². The third-order valence-electron chi connectivity index (χ3n) is 3.69. The van der Waals surface area contributed by atoms with E-state index < -0.39 is 0 Å². The van der Waals surface area contributed by atoms with Crippen LogP contribution in [0.5, 0.6) is 0 Å². The topological polar surface area (TPSA) is 62.6 Å². The number of hydrogen-bond acceptors (Lipinski definition) is 4. The molecule has 2 heterocycles. The van der Waals surface area contributed by atoms with E-state index in [4.69, 9.17) is 10.2 Å². The van der Waals surface area contributed by atoms with Crippen LogP contribution in [0.4, 0.5) is 0 Å². The van der Waals surface area contributed by atoms with Crippen LogP contribution in [0.2, 0.25) is 0 Å². The predicted octanol–water partition coefficient (Wildman–Crippen LogP) is 1.29. The number of aliphatic hydroxyl groups is 1. The summed E-state index contributed by atoms with van der Waals surface area (Å²) in [5.41, 5.74) is 5.85. The lowest BCUT2D eigenvalue weighted by Crippen LogP contribution is -2.32. The fourth-order valence-electron chi connectivity index (χ4n) is 2.57. The van der Waals surface area contributed by atoms with Crippen molar-refractivity contribution in [1.29, 1.82) is 0 Å². The monoisotopic (exact) mass is 238 g/mol. The van der Waals surface area contributed by atoms with Crippen molar-refractivity contribution in [3.8, 4) is 0 Å². The van der Waals surface area contributed by atoms with Crippen LogP contribution in [0.3, 0.4) is 0 Å². The van der Waals surface area contributed by atoms with Crippen molar-refractivity contribution in [2.24, 2.45) is 11.7 Å². The van der Waals surface area contributed by atoms with Crippen LogP contribution in [0.15, 0.2) is 16.5 Å². The highest BCUT2D eigenvalue weighted by molar-refractivity contribution is 5.11. The van der Waals surface area contributed by atoms with Crippen LogP contribution >= 0.6 is 0 Å². The van der Waals surface area contributed by atoms with Crippen molar-refractivity contribution in [3.05, 3.63) is 23.7 Å². The lowest BCUT2D eigenvalue weighted by Gasteiger charge is -2.25. The van der Waals surface area contributed by atoms with Crippen molar-refractivity contribution in [2.75, 3.05) is 19.6 Å². The molecule has 1 aliphatic rings. The Bertz CT molecular complexity index is 362. The number of aliphatic hydroxyl groups excluding tert-OH is 1. The Labute approximate surface area is 102 Å². The summed E-state index contributed by atoms with van der Waals surface area (Å²) < 4.78 is 5.66. The van der Waals surface area contributed by atoms with Gasteiger partial charge < -0.3 is 15.3 Å². The Kier molecular flexibility index (Phi) is 3.86. The molecule has 1 aromatic rings. The number of nitrogens with two attached hydrogens (primary N) is 1. The molecule has 3 unspecified atom stereocenters. The van der Waals surface area contributed by atoms with Gasteiger partial charge in [-0.15, -0.1) is 0 Å². The molecule has 1 aliphatic heterocycles. The number of nitrogens with zero attached hydrogens (tertiary/aromatic N) is 1. The minimum absolute atomic E-state index is 0.146. The van der Waals surface area contributed by atoms with Gasteiger partial charge in [0.2, 0.25) is 0 Å². The van der Waals surface area contributed by atoms with Crippen LogP contribution < -0.4 is 5.73 Å². The molecular weight excluding hydrogens is 216 g/mol. The largest absolute Gasteiger partial charge is 0.465 e. The van der Waals surface area contributed by atoms with Gasteiger partial charge in [0, 0.05) is 13.1 Å². The summed E-state index contributed by atoms with van der Waals surface area (Å²) in [7, 11) is 0. The van der Waals surface area contributed by atoms with Gasteiger partial charge in [0.05, 0.1) is 12.1 Å². The number of likely N-dealkylation sites (tertiary alicyclic amines) is 1. The first-order chi connectivity index (χ1) is 8.11. The Balaban J connectivity index is 2.05. The van der Waals surface area contributed by atoms with E-state index in [1.807, 2.05) is 26.0 Å². The second-order valence-corrected chi connectivity index (χ2v) is 4.98. The van der Waals surface area contributed by atoms with Crippen LogP contribution in [0.1, 0.15) is 30.9 Å². The lowest BCUT2D eigenvalue weighted by molar-refractivity contribution is 0.120. The number of aryl methyl sites for hydroxylation is 1.